The number of fused-ring (bicyclic) bond motifs is 1. The number of aryl methyl sites for hydroxylation is 1. The molecule has 0 fully saturated rings. The van der Waals surface area contributed by atoms with Crippen LogP contribution in [0.5, 0.6) is 0 Å². The van der Waals surface area contributed by atoms with Crippen LogP contribution in [0.4, 0.5) is 13.2 Å². The molecule has 1 amide bonds. The maximum absolute atomic E-state index is 12.6. The summed E-state index contributed by atoms with van der Waals surface area (Å²) >= 11 is 0.798. The van der Waals surface area contributed by atoms with Crippen LogP contribution in [0.3, 0.4) is 0 Å². The number of carboxylic acids is 1. The van der Waals surface area contributed by atoms with Gasteiger partial charge in [0.05, 0.1) is 4.88 Å². The number of nitrogens with one attached hydrogen (secondary N) is 1. The number of hydrogen-bond donors (Lipinski definition) is 2. The molecule has 2 heterocycles. The van der Waals surface area contributed by atoms with E-state index >= 15 is 0 Å². The summed E-state index contributed by atoms with van der Waals surface area (Å²) in [5, 5.41) is 11.1. The van der Waals surface area contributed by atoms with Crippen LogP contribution >= 0.6 is 11.3 Å². The molecule has 2 aromatic rings. The highest BCUT2D eigenvalue weighted by Gasteiger charge is 2.33. The van der Waals surface area contributed by atoms with Gasteiger partial charge in [-0.25, -0.2) is 4.98 Å². The highest BCUT2D eigenvalue weighted by Crippen LogP contribution is 2.34. The summed E-state index contributed by atoms with van der Waals surface area (Å²) in [4.78, 5) is 25.9. The lowest BCUT2D eigenvalue weighted by Crippen LogP contribution is -2.28. The number of carboxylic acid groups (broad SMARTS) is 1. The number of hydrogen-bond acceptors (Lipinski definition) is 4. The predicted octanol–water partition coefficient (Wildman–Crippen LogP) is 2.44. The molecule has 0 aliphatic carbocycles. The zero-order valence-electron chi connectivity index (χ0n) is 10.6. The van der Waals surface area contributed by atoms with Crippen molar-refractivity contribution in [3.05, 3.63) is 28.3 Å². The molecule has 0 saturated carbocycles. The standard InChI is InChI=1S/C12H9F3N2O3S/c1-5-6-2-3-7(12(13,14)15)17-11(6)21-9(5)10(20)16-4-8(18)19/h2-3H,4H2,1H3,(H,16,20)(H,18,19). The van der Waals surface area contributed by atoms with Crippen molar-refractivity contribution in [3.63, 3.8) is 0 Å². The van der Waals surface area contributed by atoms with Gasteiger partial charge in [0.25, 0.3) is 5.91 Å². The van der Waals surface area contributed by atoms with Crippen LogP contribution in [0, 0.1) is 6.92 Å². The molecule has 112 valence electrons. The maximum Gasteiger partial charge on any atom is 0.433 e. The number of pyridine rings is 1. The first-order chi connectivity index (χ1) is 9.70. The van der Waals surface area contributed by atoms with Crippen LogP contribution in [0.25, 0.3) is 10.2 Å². The molecule has 21 heavy (non-hydrogen) atoms. The molecule has 0 spiro atoms. The van der Waals surface area contributed by atoms with Gasteiger partial charge >= 0.3 is 12.1 Å². The van der Waals surface area contributed by atoms with Crippen molar-refractivity contribution >= 4 is 33.4 Å². The number of aliphatic carboxylic acids is 1. The smallest absolute Gasteiger partial charge is 0.433 e. The van der Waals surface area contributed by atoms with Gasteiger partial charge in [0.1, 0.15) is 17.1 Å². The number of nitrogens with zero attached hydrogens (tertiary/aromatic N) is 1. The highest BCUT2D eigenvalue weighted by atomic mass is 32.1. The van der Waals surface area contributed by atoms with Gasteiger partial charge in [-0.15, -0.1) is 11.3 Å². The van der Waals surface area contributed by atoms with Gasteiger partial charge in [-0.2, -0.15) is 13.2 Å². The van der Waals surface area contributed by atoms with Crippen molar-refractivity contribution in [2.75, 3.05) is 6.54 Å². The van der Waals surface area contributed by atoms with E-state index in [0.717, 1.165) is 17.4 Å². The number of amides is 1. The Bertz CT molecular complexity index is 724. The number of carbonyl (C=O) groups excluding carboxylic acids is 1. The van der Waals surface area contributed by atoms with E-state index in [1.807, 2.05) is 0 Å². The Labute approximate surface area is 120 Å². The van der Waals surface area contributed by atoms with Crippen LogP contribution < -0.4 is 5.32 Å². The first-order valence-electron chi connectivity index (χ1n) is 5.67. The van der Waals surface area contributed by atoms with Gasteiger partial charge in [0.2, 0.25) is 0 Å². The zero-order valence-corrected chi connectivity index (χ0v) is 11.4. The van der Waals surface area contributed by atoms with Crippen molar-refractivity contribution in [1.29, 1.82) is 0 Å². The Hall–Kier alpha value is -2.16. The molecule has 0 bridgehead atoms. The van der Waals surface area contributed by atoms with Gasteiger partial charge < -0.3 is 10.4 Å². The number of aromatic nitrogens is 1. The average molecular weight is 318 g/mol. The van der Waals surface area contributed by atoms with Crippen LogP contribution in [-0.4, -0.2) is 28.5 Å². The normalized spacial score (nSPS) is 11.6. The molecule has 5 nitrogen and oxygen atoms in total. The van der Waals surface area contributed by atoms with E-state index in [4.69, 9.17) is 5.11 Å². The summed E-state index contributed by atoms with van der Waals surface area (Å²) in [5.41, 5.74) is -0.562. The summed E-state index contributed by atoms with van der Waals surface area (Å²) in [6, 6.07) is 2.10. The van der Waals surface area contributed by atoms with Crippen LogP contribution in [-0.2, 0) is 11.0 Å². The lowest BCUT2D eigenvalue weighted by molar-refractivity contribution is -0.141. The fraction of sp³-hybridized carbons (Fsp3) is 0.250. The Morgan fingerprint density at radius 1 is 1.38 bits per heavy atom. The minimum Gasteiger partial charge on any atom is -0.480 e. The minimum atomic E-state index is -4.56. The molecule has 0 aromatic carbocycles. The monoisotopic (exact) mass is 318 g/mol. The van der Waals surface area contributed by atoms with Crippen LogP contribution in [0.2, 0.25) is 0 Å². The number of carbonyl (C=O) groups is 2. The van der Waals surface area contributed by atoms with Crippen molar-refractivity contribution in [3.8, 4) is 0 Å². The Kier molecular flexibility index (Phi) is 3.86. The van der Waals surface area contributed by atoms with Crippen molar-refractivity contribution in [2.45, 2.75) is 13.1 Å². The molecule has 2 N–H and O–H groups in total. The second-order valence-corrected chi connectivity index (χ2v) is 5.18. The molecule has 9 heteroatoms. The molecule has 0 saturated heterocycles. The van der Waals surface area contributed by atoms with Gasteiger partial charge in [0.15, 0.2) is 0 Å². The van der Waals surface area contributed by atoms with Crippen LogP contribution in [0.1, 0.15) is 20.9 Å². The summed E-state index contributed by atoms with van der Waals surface area (Å²) in [7, 11) is 0. The number of alkyl halides is 3. The average Bonchev–Trinajstić information content (AvgIpc) is 2.72. The van der Waals surface area contributed by atoms with Crippen molar-refractivity contribution in [1.82, 2.24) is 10.3 Å². The Morgan fingerprint density at radius 2 is 2.05 bits per heavy atom. The van der Waals surface area contributed by atoms with Gasteiger partial charge in [-0.05, 0) is 24.6 Å². The molecule has 2 rings (SSSR count). The molecule has 0 aliphatic rings. The molecule has 0 radical (unpaired) electrons. The third-order valence-electron chi connectivity index (χ3n) is 2.70. The third kappa shape index (κ3) is 3.13. The summed E-state index contributed by atoms with van der Waals surface area (Å²) in [6.45, 7) is 1.01. The second-order valence-electron chi connectivity index (χ2n) is 4.18. The third-order valence-corrected chi connectivity index (χ3v) is 3.90. The summed E-state index contributed by atoms with van der Waals surface area (Å²) in [5.74, 6) is -1.86. The van der Waals surface area contributed by atoms with E-state index in [2.05, 4.69) is 10.3 Å². The number of rotatable bonds is 3. The van der Waals surface area contributed by atoms with Crippen molar-refractivity contribution < 1.29 is 27.9 Å². The molecule has 2 aromatic heterocycles. The van der Waals surface area contributed by atoms with E-state index in [1.54, 1.807) is 6.92 Å². The molecule has 0 atom stereocenters. The Balaban J connectivity index is 2.41. The SMILES string of the molecule is Cc1c(C(=O)NCC(=O)O)sc2nc(C(F)(F)F)ccc12. The summed E-state index contributed by atoms with van der Waals surface area (Å²) < 4.78 is 37.8. The maximum atomic E-state index is 12.6. The number of halogens is 3. The topological polar surface area (TPSA) is 79.3 Å². The largest absolute Gasteiger partial charge is 0.480 e. The first kappa shape index (κ1) is 15.2. The van der Waals surface area contributed by atoms with E-state index in [9.17, 15) is 22.8 Å². The zero-order chi connectivity index (χ0) is 15.8. The lowest BCUT2D eigenvalue weighted by atomic mass is 10.2. The fourth-order valence-corrected chi connectivity index (χ4v) is 2.81. The molecule has 0 unspecified atom stereocenters. The van der Waals surface area contributed by atoms with Gasteiger partial charge in [0, 0.05) is 5.39 Å². The van der Waals surface area contributed by atoms with Crippen molar-refractivity contribution in [2.24, 2.45) is 0 Å². The highest BCUT2D eigenvalue weighted by molar-refractivity contribution is 7.20. The van der Waals surface area contributed by atoms with E-state index < -0.39 is 30.3 Å². The van der Waals surface area contributed by atoms with Gasteiger partial charge in [-0.3, -0.25) is 9.59 Å². The fourth-order valence-electron chi connectivity index (χ4n) is 1.71. The van der Waals surface area contributed by atoms with E-state index in [1.165, 1.54) is 6.07 Å². The minimum absolute atomic E-state index is 0.0859. The van der Waals surface area contributed by atoms with E-state index in [0.29, 0.717) is 10.9 Å². The first-order valence-corrected chi connectivity index (χ1v) is 6.49. The van der Waals surface area contributed by atoms with Gasteiger partial charge in [-0.1, -0.05) is 0 Å². The molecule has 0 aliphatic heterocycles. The quantitative estimate of drug-likeness (QED) is 0.911. The lowest BCUT2D eigenvalue weighted by Gasteiger charge is -2.04. The van der Waals surface area contributed by atoms with Crippen LogP contribution in [0.15, 0.2) is 12.1 Å². The summed E-state index contributed by atoms with van der Waals surface area (Å²) in [6.07, 6.45) is -4.56. The van der Waals surface area contributed by atoms with E-state index in [-0.39, 0.29) is 9.71 Å². The predicted molar refractivity (Wildman–Crippen MR) is 69.3 cm³/mol. The molecular formula is C12H9F3N2O3S. The second kappa shape index (κ2) is 5.32. The number of thiophene rings is 1. The molecular weight excluding hydrogens is 309 g/mol. The Morgan fingerprint density at radius 3 is 2.62 bits per heavy atom.